The van der Waals surface area contributed by atoms with Crippen LogP contribution in [0.3, 0.4) is 0 Å². The van der Waals surface area contributed by atoms with E-state index in [4.69, 9.17) is 0 Å². The van der Waals surface area contributed by atoms with Crippen molar-refractivity contribution in [2.45, 2.75) is 6.42 Å². The van der Waals surface area contributed by atoms with Crippen LogP contribution in [0.5, 0.6) is 0 Å². The first-order valence-electron chi connectivity index (χ1n) is 6.15. The molecule has 0 spiro atoms. The standard InChI is InChI=1S/C17H13NS/c1-13-12-16-14(7-5-11-18-16)9-10-15-6-3-2-4-8-17(15)19-13/h2-3,5-9,11-12H,1,10H2/b14-9-,16-12+. The highest BCUT2D eigenvalue weighted by atomic mass is 32.2. The molecule has 1 nitrogen and oxygen atoms in total. The Morgan fingerprint density at radius 2 is 2.32 bits per heavy atom. The molecule has 0 unspecified atom stereocenters. The Hall–Kier alpha value is -2.02. The Balaban J connectivity index is 2.18. The molecule has 0 saturated heterocycles. The molecule has 0 saturated carbocycles. The molecular formula is C17H13NS. The largest absolute Gasteiger partial charge is 0.256 e. The number of allylic oxidation sites excluding steroid dienone is 5. The summed E-state index contributed by atoms with van der Waals surface area (Å²) >= 11 is 1.68. The van der Waals surface area contributed by atoms with Crippen molar-refractivity contribution in [2.75, 3.05) is 0 Å². The van der Waals surface area contributed by atoms with Gasteiger partial charge in [-0.15, -0.1) is 5.73 Å². The van der Waals surface area contributed by atoms with Crippen LogP contribution in [0, 0.1) is 0 Å². The van der Waals surface area contributed by atoms with Crippen LogP contribution in [-0.4, -0.2) is 4.98 Å². The van der Waals surface area contributed by atoms with Gasteiger partial charge in [0.25, 0.3) is 0 Å². The number of thioether (sulfide) groups is 1. The van der Waals surface area contributed by atoms with E-state index in [2.05, 4.69) is 35.5 Å². The zero-order valence-corrected chi connectivity index (χ0v) is 11.3. The summed E-state index contributed by atoms with van der Waals surface area (Å²) in [4.78, 5) is 6.62. The van der Waals surface area contributed by atoms with E-state index < -0.39 is 0 Å². The maximum atomic E-state index is 4.42. The number of pyridine rings is 1. The predicted molar refractivity (Wildman–Crippen MR) is 82.6 cm³/mol. The maximum absolute atomic E-state index is 4.42. The molecule has 0 atom stereocenters. The van der Waals surface area contributed by atoms with Crippen LogP contribution in [0.2, 0.25) is 0 Å². The minimum Gasteiger partial charge on any atom is -0.256 e. The molecular weight excluding hydrogens is 250 g/mol. The third kappa shape index (κ3) is 2.70. The van der Waals surface area contributed by atoms with Gasteiger partial charge in [-0.2, -0.15) is 0 Å². The fraction of sp³-hybridized carbons (Fsp3) is 0.0588. The average molecular weight is 263 g/mol. The highest BCUT2D eigenvalue weighted by Gasteiger charge is 2.06. The predicted octanol–water partition coefficient (Wildman–Crippen LogP) is 2.83. The Bertz CT molecular complexity index is 772. The second-order valence-corrected chi connectivity index (χ2v) is 5.49. The summed E-state index contributed by atoms with van der Waals surface area (Å²) < 4.78 is 0. The summed E-state index contributed by atoms with van der Waals surface area (Å²) in [5.74, 6) is 0. The van der Waals surface area contributed by atoms with E-state index in [0.29, 0.717) is 0 Å². The monoisotopic (exact) mass is 263 g/mol. The van der Waals surface area contributed by atoms with Crippen molar-refractivity contribution in [1.29, 1.82) is 0 Å². The van der Waals surface area contributed by atoms with Crippen LogP contribution >= 0.6 is 11.8 Å². The van der Waals surface area contributed by atoms with Gasteiger partial charge in [0.2, 0.25) is 0 Å². The Labute approximate surface area is 116 Å². The van der Waals surface area contributed by atoms with Crippen molar-refractivity contribution >= 4 is 23.9 Å². The normalized spacial score (nSPS) is 20.9. The molecule has 2 heterocycles. The van der Waals surface area contributed by atoms with E-state index in [1.807, 2.05) is 36.6 Å². The third-order valence-corrected chi connectivity index (χ3v) is 3.95. The van der Waals surface area contributed by atoms with Gasteiger partial charge in [0.1, 0.15) is 0 Å². The van der Waals surface area contributed by atoms with Crippen LogP contribution in [0.4, 0.5) is 0 Å². The zero-order valence-electron chi connectivity index (χ0n) is 10.5. The van der Waals surface area contributed by atoms with E-state index in [1.165, 1.54) is 10.5 Å². The fourth-order valence-electron chi connectivity index (χ4n) is 2.05. The van der Waals surface area contributed by atoms with Gasteiger partial charge in [-0.25, -0.2) is 0 Å². The van der Waals surface area contributed by atoms with Gasteiger partial charge in [0.15, 0.2) is 0 Å². The molecule has 0 fully saturated rings. The van der Waals surface area contributed by atoms with Gasteiger partial charge in [-0.3, -0.25) is 4.98 Å². The molecule has 3 rings (SSSR count). The Morgan fingerprint density at radius 1 is 1.37 bits per heavy atom. The van der Waals surface area contributed by atoms with E-state index in [0.717, 1.165) is 21.9 Å². The summed E-state index contributed by atoms with van der Waals surface area (Å²) in [6, 6.07) is 4.06. The molecule has 0 N–H and O–H groups in total. The number of aromatic nitrogens is 1. The van der Waals surface area contributed by atoms with Gasteiger partial charge in [-0.05, 0) is 41.5 Å². The molecule has 1 aromatic rings. The molecule has 92 valence electrons. The topological polar surface area (TPSA) is 12.9 Å². The molecule has 0 radical (unpaired) electrons. The fourth-order valence-corrected chi connectivity index (χ4v) is 2.91. The number of hydrogen-bond donors (Lipinski definition) is 0. The van der Waals surface area contributed by atoms with E-state index in [-0.39, 0.29) is 0 Å². The van der Waals surface area contributed by atoms with Crippen molar-refractivity contribution in [2.24, 2.45) is 0 Å². The minimum atomic E-state index is 0.894. The van der Waals surface area contributed by atoms with Crippen molar-refractivity contribution in [3.63, 3.8) is 0 Å². The first kappa shape index (κ1) is 12.0. The van der Waals surface area contributed by atoms with Crippen molar-refractivity contribution in [3.05, 3.63) is 80.9 Å². The quantitative estimate of drug-likeness (QED) is 0.668. The van der Waals surface area contributed by atoms with Gasteiger partial charge in [0, 0.05) is 16.0 Å². The minimum absolute atomic E-state index is 0.894. The van der Waals surface area contributed by atoms with Crippen LogP contribution in [0.25, 0.3) is 12.2 Å². The molecule has 1 aliphatic carbocycles. The number of nitrogens with zero attached hydrogens (tertiary/aromatic N) is 1. The lowest BCUT2D eigenvalue weighted by Crippen LogP contribution is -2.27. The molecule has 0 aromatic carbocycles. The van der Waals surface area contributed by atoms with E-state index >= 15 is 0 Å². The van der Waals surface area contributed by atoms with Gasteiger partial charge in [0.05, 0.1) is 5.35 Å². The van der Waals surface area contributed by atoms with Crippen LogP contribution in [0.15, 0.2) is 70.3 Å². The van der Waals surface area contributed by atoms with Gasteiger partial charge in [-0.1, -0.05) is 42.6 Å². The van der Waals surface area contributed by atoms with Gasteiger partial charge >= 0.3 is 0 Å². The van der Waals surface area contributed by atoms with Crippen LogP contribution in [0.1, 0.15) is 6.42 Å². The van der Waals surface area contributed by atoms with Crippen molar-refractivity contribution in [3.8, 4) is 0 Å². The molecule has 1 aliphatic heterocycles. The summed E-state index contributed by atoms with van der Waals surface area (Å²) in [5, 5.41) is 2.15. The average Bonchev–Trinajstić information content (AvgIpc) is 2.59. The number of rotatable bonds is 0. The number of fused-ring (bicyclic) bond motifs is 1. The lowest BCUT2D eigenvalue weighted by molar-refractivity contribution is 1.21. The second-order valence-electron chi connectivity index (χ2n) is 4.33. The zero-order chi connectivity index (χ0) is 13.1. The number of hydrogen-bond acceptors (Lipinski definition) is 2. The smallest absolute Gasteiger partial charge is 0.0709 e. The van der Waals surface area contributed by atoms with Crippen molar-refractivity contribution in [1.82, 2.24) is 4.98 Å². The summed E-state index contributed by atoms with van der Waals surface area (Å²) in [7, 11) is 0. The van der Waals surface area contributed by atoms with Crippen molar-refractivity contribution < 1.29 is 0 Å². The summed E-state index contributed by atoms with van der Waals surface area (Å²) in [6.45, 7) is 4.12. The van der Waals surface area contributed by atoms with E-state index in [1.54, 1.807) is 11.8 Å². The molecule has 0 bridgehead atoms. The third-order valence-electron chi connectivity index (χ3n) is 2.97. The summed E-state index contributed by atoms with van der Waals surface area (Å²) in [5.41, 5.74) is 4.45. The highest BCUT2D eigenvalue weighted by Crippen LogP contribution is 2.31. The van der Waals surface area contributed by atoms with Crippen LogP contribution < -0.4 is 10.6 Å². The maximum Gasteiger partial charge on any atom is 0.0709 e. The molecule has 1 aromatic heterocycles. The first-order valence-corrected chi connectivity index (χ1v) is 6.96. The van der Waals surface area contributed by atoms with Crippen LogP contribution in [-0.2, 0) is 0 Å². The lowest BCUT2D eigenvalue weighted by atomic mass is 10.1. The molecule has 2 heteroatoms. The summed E-state index contributed by atoms with van der Waals surface area (Å²) in [6.07, 6.45) is 15.1. The van der Waals surface area contributed by atoms with E-state index in [9.17, 15) is 0 Å². The first-order chi connectivity index (χ1) is 9.33. The second kappa shape index (κ2) is 5.31. The highest BCUT2D eigenvalue weighted by molar-refractivity contribution is 8.07. The van der Waals surface area contributed by atoms with Gasteiger partial charge < -0.3 is 0 Å². The molecule has 0 amide bonds. The lowest BCUT2D eigenvalue weighted by Gasteiger charge is -2.05. The molecule has 2 aliphatic rings. The molecule has 19 heavy (non-hydrogen) atoms. The Morgan fingerprint density at radius 3 is 3.26 bits per heavy atom. The Kier molecular flexibility index (Phi) is 3.37. The SMILES string of the molecule is C=C1/C=c2/nccc/c2=C/CC2=C(C=C=CC=C2)S1.